The van der Waals surface area contributed by atoms with E-state index in [0.717, 1.165) is 45.1 Å². The van der Waals surface area contributed by atoms with Gasteiger partial charge in [-0.1, -0.05) is 36.4 Å². The van der Waals surface area contributed by atoms with Crippen LogP contribution in [0.5, 0.6) is 17.2 Å². The molecule has 0 bridgehead atoms. The van der Waals surface area contributed by atoms with E-state index < -0.39 is 0 Å². The van der Waals surface area contributed by atoms with Crippen molar-refractivity contribution in [3.05, 3.63) is 96.8 Å². The van der Waals surface area contributed by atoms with E-state index in [1.807, 2.05) is 85.2 Å². The van der Waals surface area contributed by atoms with Gasteiger partial charge in [0, 0.05) is 29.6 Å². The van der Waals surface area contributed by atoms with Gasteiger partial charge in [-0.05, 0) is 59.2 Å². The summed E-state index contributed by atoms with van der Waals surface area (Å²) in [7, 11) is 4.91. The van der Waals surface area contributed by atoms with Crippen LogP contribution in [-0.4, -0.2) is 31.8 Å². The highest BCUT2D eigenvalue weighted by molar-refractivity contribution is 5.96. The maximum atomic E-state index is 13.0. The molecular formula is C28H25NO4. The van der Waals surface area contributed by atoms with Crippen LogP contribution >= 0.6 is 0 Å². The van der Waals surface area contributed by atoms with E-state index in [0.29, 0.717) is 0 Å². The Labute approximate surface area is 193 Å². The zero-order valence-electron chi connectivity index (χ0n) is 18.8. The summed E-state index contributed by atoms with van der Waals surface area (Å²) in [4.78, 5) is 13.0. The summed E-state index contributed by atoms with van der Waals surface area (Å²) in [5, 5.41) is 0. The van der Waals surface area contributed by atoms with Crippen LogP contribution in [0, 0.1) is 0 Å². The second-order valence-corrected chi connectivity index (χ2v) is 7.39. The first-order valence-corrected chi connectivity index (χ1v) is 10.5. The molecule has 5 nitrogen and oxygen atoms in total. The van der Waals surface area contributed by atoms with E-state index in [9.17, 15) is 4.79 Å². The van der Waals surface area contributed by atoms with Gasteiger partial charge < -0.3 is 14.2 Å². The van der Waals surface area contributed by atoms with Crippen molar-refractivity contribution in [2.75, 3.05) is 21.3 Å². The molecule has 0 saturated heterocycles. The lowest BCUT2D eigenvalue weighted by molar-refractivity contribution is 0.0970. The molecule has 4 rings (SSSR count). The van der Waals surface area contributed by atoms with E-state index >= 15 is 0 Å². The van der Waals surface area contributed by atoms with Crippen molar-refractivity contribution in [3.8, 4) is 39.5 Å². The third kappa shape index (κ3) is 4.99. The van der Waals surface area contributed by atoms with Gasteiger partial charge in [-0.2, -0.15) is 0 Å². The Bertz CT molecular complexity index is 1190. The number of hydrogen-bond acceptors (Lipinski definition) is 4. The molecule has 0 saturated carbocycles. The van der Waals surface area contributed by atoms with Gasteiger partial charge in [-0.25, -0.2) is 0 Å². The van der Waals surface area contributed by atoms with Crippen molar-refractivity contribution >= 4 is 12.0 Å². The third-order valence-electron chi connectivity index (χ3n) is 5.42. The third-order valence-corrected chi connectivity index (χ3v) is 5.42. The summed E-state index contributed by atoms with van der Waals surface area (Å²) in [6, 6.07) is 23.1. The van der Waals surface area contributed by atoms with Crippen molar-refractivity contribution in [1.82, 2.24) is 4.57 Å². The lowest BCUT2D eigenvalue weighted by Crippen LogP contribution is -2.03. The van der Waals surface area contributed by atoms with Crippen molar-refractivity contribution in [2.45, 2.75) is 0 Å². The smallest absolute Gasteiger partial charge is 0.254 e. The molecule has 3 aromatic carbocycles. The van der Waals surface area contributed by atoms with E-state index in [1.54, 1.807) is 38.0 Å². The topological polar surface area (TPSA) is 49.7 Å². The van der Waals surface area contributed by atoms with Crippen LogP contribution in [-0.2, 0) is 0 Å². The number of nitrogens with zero attached hydrogens (tertiary/aromatic N) is 1. The molecule has 5 heteroatoms. The van der Waals surface area contributed by atoms with E-state index in [1.165, 1.54) is 0 Å². The Morgan fingerprint density at radius 2 is 1.03 bits per heavy atom. The average Bonchev–Trinajstić information content (AvgIpc) is 3.33. The molecule has 0 amide bonds. The second kappa shape index (κ2) is 9.92. The first kappa shape index (κ1) is 22.0. The standard InChI is InChI=1S/C28H25NO4/c1-31-23-11-4-20(5-12-23)6-17-28(30)29-18-26(21-7-13-24(32-2)14-8-21)27(19-29)22-9-15-25(33-3)16-10-22/h4-19H,1-3H3/b17-6+. The lowest BCUT2D eigenvalue weighted by atomic mass is 9.99. The van der Waals surface area contributed by atoms with Crippen LogP contribution < -0.4 is 14.2 Å². The molecule has 1 aromatic heterocycles. The number of rotatable bonds is 7. The van der Waals surface area contributed by atoms with Crippen molar-refractivity contribution in [1.29, 1.82) is 0 Å². The van der Waals surface area contributed by atoms with Gasteiger partial charge in [0.1, 0.15) is 17.2 Å². The first-order valence-electron chi connectivity index (χ1n) is 10.5. The summed E-state index contributed by atoms with van der Waals surface area (Å²) >= 11 is 0. The summed E-state index contributed by atoms with van der Waals surface area (Å²) in [6.07, 6.45) is 7.09. The summed E-state index contributed by atoms with van der Waals surface area (Å²) in [6.45, 7) is 0. The highest BCUT2D eigenvalue weighted by Gasteiger charge is 2.14. The van der Waals surface area contributed by atoms with Crippen LogP contribution in [0.4, 0.5) is 0 Å². The number of allylic oxidation sites excluding steroid dienone is 1. The fourth-order valence-electron chi connectivity index (χ4n) is 3.55. The molecule has 0 fully saturated rings. The molecule has 0 aliphatic heterocycles. The van der Waals surface area contributed by atoms with Gasteiger partial charge >= 0.3 is 0 Å². The van der Waals surface area contributed by atoms with Crippen LogP contribution in [0.25, 0.3) is 28.3 Å². The second-order valence-electron chi connectivity index (χ2n) is 7.39. The lowest BCUT2D eigenvalue weighted by Gasteiger charge is -2.07. The zero-order chi connectivity index (χ0) is 23.2. The molecule has 4 aromatic rings. The number of carbonyl (C=O) groups excluding carboxylic acids is 1. The first-order chi connectivity index (χ1) is 16.1. The maximum Gasteiger partial charge on any atom is 0.254 e. The van der Waals surface area contributed by atoms with E-state index in [-0.39, 0.29) is 5.91 Å². The fraction of sp³-hybridized carbons (Fsp3) is 0.107. The molecule has 0 spiro atoms. The van der Waals surface area contributed by atoms with E-state index in [2.05, 4.69) is 0 Å². The molecule has 0 aliphatic carbocycles. The molecule has 1 heterocycles. The Hall–Kier alpha value is -4.25. The molecular weight excluding hydrogens is 414 g/mol. The van der Waals surface area contributed by atoms with E-state index in [4.69, 9.17) is 14.2 Å². The predicted molar refractivity (Wildman–Crippen MR) is 131 cm³/mol. The minimum atomic E-state index is -0.139. The fourth-order valence-corrected chi connectivity index (χ4v) is 3.55. The summed E-state index contributed by atoms with van der Waals surface area (Å²) in [5.41, 5.74) is 4.81. The number of benzene rings is 3. The number of methoxy groups -OCH3 is 3. The van der Waals surface area contributed by atoms with Gasteiger partial charge in [-0.15, -0.1) is 0 Å². The van der Waals surface area contributed by atoms with Crippen LogP contribution in [0.3, 0.4) is 0 Å². The number of carbonyl (C=O) groups is 1. The van der Waals surface area contributed by atoms with Crippen LogP contribution in [0.15, 0.2) is 91.3 Å². The van der Waals surface area contributed by atoms with Gasteiger partial charge in [0.05, 0.1) is 21.3 Å². The Morgan fingerprint density at radius 3 is 1.42 bits per heavy atom. The number of hydrogen-bond donors (Lipinski definition) is 0. The van der Waals surface area contributed by atoms with Gasteiger partial charge in [0.2, 0.25) is 0 Å². The normalized spacial score (nSPS) is 10.9. The number of ether oxygens (including phenoxy) is 3. The average molecular weight is 440 g/mol. The quantitative estimate of drug-likeness (QED) is 0.322. The molecule has 0 N–H and O–H groups in total. The van der Waals surface area contributed by atoms with Gasteiger partial charge in [-0.3, -0.25) is 9.36 Å². The minimum Gasteiger partial charge on any atom is -0.497 e. The highest BCUT2D eigenvalue weighted by Crippen LogP contribution is 2.35. The molecule has 33 heavy (non-hydrogen) atoms. The molecule has 0 atom stereocenters. The molecule has 0 unspecified atom stereocenters. The summed E-state index contributed by atoms with van der Waals surface area (Å²) < 4.78 is 17.4. The Morgan fingerprint density at radius 1 is 0.636 bits per heavy atom. The molecule has 0 radical (unpaired) electrons. The Balaban J connectivity index is 1.69. The Kier molecular flexibility index (Phi) is 6.60. The van der Waals surface area contributed by atoms with Crippen LogP contribution in [0.1, 0.15) is 10.4 Å². The van der Waals surface area contributed by atoms with Gasteiger partial charge in [0.25, 0.3) is 5.91 Å². The van der Waals surface area contributed by atoms with Gasteiger partial charge in [0.15, 0.2) is 0 Å². The number of aromatic nitrogens is 1. The molecule has 166 valence electrons. The summed E-state index contributed by atoms with van der Waals surface area (Å²) in [5.74, 6) is 2.20. The van der Waals surface area contributed by atoms with Crippen molar-refractivity contribution in [3.63, 3.8) is 0 Å². The predicted octanol–water partition coefficient (Wildman–Crippen LogP) is 6.20. The monoisotopic (exact) mass is 439 g/mol. The highest BCUT2D eigenvalue weighted by atomic mass is 16.5. The minimum absolute atomic E-state index is 0.139. The molecule has 0 aliphatic rings. The SMILES string of the molecule is COc1ccc(/C=C/C(=O)n2cc(-c3ccc(OC)cc3)c(-c3ccc(OC)cc3)c2)cc1. The van der Waals surface area contributed by atoms with Crippen molar-refractivity contribution < 1.29 is 19.0 Å². The van der Waals surface area contributed by atoms with Crippen LogP contribution in [0.2, 0.25) is 0 Å². The maximum absolute atomic E-state index is 13.0. The van der Waals surface area contributed by atoms with Crippen molar-refractivity contribution in [2.24, 2.45) is 0 Å². The zero-order valence-corrected chi connectivity index (χ0v) is 18.8. The largest absolute Gasteiger partial charge is 0.497 e.